The molecule has 3 rings (SSSR count). The van der Waals surface area contributed by atoms with Crippen LogP contribution in [0.25, 0.3) is 0 Å². The van der Waals surface area contributed by atoms with E-state index >= 15 is 0 Å². The molecule has 29 heavy (non-hydrogen) atoms. The summed E-state index contributed by atoms with van der Waals surface area (Å²) in [6.07, 6.45) is 3.38. The Labute approximate surface area is 174 Å². The molecule has 1 saturated heterocycles. The summed E-state index contributed by atoms with van der Waals surface area (Å²) < 4.78 is 53.6. The molecule has 2 aromatic rings. The molecule has 1 aliphatic rings. The number of likely N-dealkylation sites (N-methyl/N-ethyl adjacent to an activating group) is 1. The molecule has 0 aliphatic carbocycles. The molecular formula is C21H28N2O4S2. The Bertz CT molecular complexity index is 1030. The number of aryl methyl sites for hydroxylation is 1. The highest BCUT2D eigenvalue weighted by atomic mass is 32.2. The standard InChI is InChI=1S/C21H28N2O4S2/c1-18-6-10-20(11-7-18)28(24,25)22(2)17-14-19-8-12-21(13-9-19)29(26,27)23-15-4-3-5-16-23/h6-13H,3-5,14-17H2,1-2H3. The first kappa shape index (κ1) is 22.0. The Morgan fingerprint density at radius 1 is 0.828 bits per heavy atom. The average Bonchev–Trinajstić information content (AvgIpc) is 2.73. The van der Waals surface area contributed by atoms with E-state index < -0.39 is 20.0 Å². The number of hydrogen-bond acceptors (Lipinski definition) is 4. The number of benzene rings is 2. The third-order valence-corrected chi connectivity index (χ3v) is 9.10. The van der Waals surface area contributed by atoms with Crippen molar-refractivity contribution in [1.29, 1.82) is 0 Å². The largest absolute Gasteiger partial charge is 0.243 e. The second-order valence-electron chi connectivity index (χ2n) is 7.50. The molecule has 1 aliphatic heterocycles. The van der Waals surface area contributed by atoms with Crippen molar-refractivity contribution in [3.05, 3.63) is 59.7 Å². The zero-order valence-corrected chi connectivity index (χ0v) is 18.5. The summed E-state index contributed by atoms with van der Waals surface area (Å²) in [5.41, 5.74) is 1.90. The molecule has 8 heteroatoms. The SMILES string of the molecule is Cc1ccc(S(=O)(=O)N(C)CCc2ccc(S(=O)(=O)N3CCCCC3)cc2)cc1. The summed E-state index contributed by atoms with van der Waals surface area (Å²) in [6, 6.07) is 13.6. The fourth-order valence-corrected chi connectivity index (χ4v) is 6.07. The summed E-state index contributed by atoms with van der Waals surface area (Å²) in [5, 5.41) is 0. The number of hydrogen-bond donors (Lipinski definition) is 0. The van der Waals surface area contributed by atoms with Crippen LogP contribution in [0, 0.1) is 6.92 Å². The summed E-state index contributed by atoms with van der Waals surface area (Å²) in [5.74, 6) is 0. The molecule has 2 aromatic carbocycles. The van der Waals surface area contributed by atoms with Gasteiger partial charge in [0, 0.05) is 26.7 Å². The van der Waals surface area contributed by atoms with E-state index in [4.69, 9.17) is 0 Å². The third-order valence-electron chi connectivity index (χ3n) is 5.32. The maximum atomic E-state index is 12.7. The van der Waals surface area contributed by atoms with Gasteiger partial charge in [-0.2, -0.15) is 4.31 Å². The van der Waals surface area contributed by atoms with E-state index in [2.05, 4.69) is 0 Å². The maximum absolute atomic E-state index is 12.7. The predicted octanol–water partition coefficient (Wildman–Crippen LogP) is 3.03. The maximum Gasteiger partial charge on any atom is 0.243 e. The lowest BCUT2D eigenvalue weighted by Gasteiger charge is -2.25. The topological polar surface area (TPSA) is 74.8 Å². The zero-order chi connectivity index (χ0) is 21.1. The smallest absolute Gasteiger partial charge is 0.207 e. The minimum atomic E-state index is -3.54. The number of rotatable bonds is 7. The molecule has 0 N–H and O–H groups in total. The summed E-state index contributed by atoms with van der Waals surface area (Å²) in [6.45, 7) is 3.38. The molecule has 1 heterocycles. The van der Waals surface area contributed by atoms with E-state index in [1.807, 2.05) is 6.92 Å². The first-order chi connectivity index (χ1) is 13.7. The molecule has 0 spiro atoms. The Kier molecular flexibility index (Phi) is 6.78. The Morgan fingerprint density at radius 2 is 1.38 bits per heavy atom. The van der Waals surface area contributed by atoms with Crippen molar-refractivity contribution in [2.24, 2.45) is 0 Å². The van der Waals surface area contributed by atoms with Crippen LogP contribution in [0.2, 0.25) is 0 Å². The van der Waals surface area contributed by atoms with Crippen LogP contribution in [0.15, 0.2) is 58.3 Å². The minimum absolute atomic E-state index is 0.272. The van der Waals surface area contributed by atoms with Crippen LogP contribution in [0.5, 0.6) is 0 Å². The highest BCUT2D eigenvalue weighted by molar-refractivity contribution is 7.89. The van der Waals surface area contributed by atoms with Crippen molar-refractivity contribution in [1.82, 2.24) is 8.61 Å². The predicted molar refractivity (Wildman–Crippen MR) is 114 cm³/mol. The minimum Gasteiger partial charge on any atom is -0.207 e. The number of sulfonamides is 2. The van der Waals surface area contributed by atoms with Crippen LogP contribution in [0.3, 0.4) is 0 Å². The average molecular weight is 437 g/mol. The molecule has 6 nitrogen and oxygen atoms in total. The molecule has 0 saturated carbocycles. The molecule has 0 bridgehead atoms. The quantitative estimate of drug-likeness (QED) is 0.669. The van der Waals surface area contributed by atoms with Gasteiger partial charge in [0.05, 0.1) is 9.79 Å². The Morgan fingerprint density at radius 3 is 1.97 bits per heavy atom. The normalized spacial score (nSPS) is 16.2. The van der Waals surface area contributed by atoms with Crippen molar-refractivity contribution in [2.45, 2.75) is 42.4 Å². The lowest BCUT2D eigenvalue weighted by molar-refractivity contribution is 0.346. The Hall–Kier alpha value is -1.74. The van der Waals surface area contributed by atoms with Crippen LogP contribution in [-0.4, -0.2) is 52.1 Å². The van der Waals surface area contributed by atoms with Gasteiger partial charge in [0.1, 0.15) is 0 Å². The molecule has 1 fully saturated rings. The van der Waals surface area contributed by atoms with Crippen LogP contribution in [0.1, 0.15) is 30.4 Å². The van der Waals surface area contributed by atoms with Crippen LogP contribution in [-0.2, 0) is 26.5 Å². The van der Waals surface area contributed by atoms with E-state index in [1.165, 1.54) is 4.31 Å². The van der Waals surface area contributed by atoms with E-state index in [0.29, 0.717) is 31.0 Å². The number of piperidine rings is 1. The third kappa shape index (κ3) is 5.06. The van der Waals surface area contributed by atoms with Crippen LogP contribution in [0.4, 0.5) is 0 Å². The zero-order valence-electron chi connectivity index (χ0n) is 16.9. The van der Waals surface area contributed by atoms with Gasteiger partial charge in [-0.05, 0) is 56.0 Å². The van der Waals surface area contributed by atoms with Crippen LogP contribution >= 0.6 is 0 Å². The molecule has 0 radical (unpaired) electrons. The lowest BCUT2D eigenvalue weighted by Crippen LogP contribution is -2.35. The van der Waals surface area contributed by atoms with Crippen LogP contribution < -0.4 is 0 Å². The van der Waals surface area contributed by atoms with E-state index in [-0.39, 0.29) is 4.90 Å². The lowest BCUT2D eigenvalue weighted by atomic mass is 10.1. The van der Waals surface area contributed by atoms with Gasteiger partial charge >= 0.3 is 0 Å². The van der Waals surface area contributed by atoms with Gasteiger partial charge in [0.2, 0.25) is 20.0 Å². The summed E-state index contributed by atoms with van der Waals surface area (Å²) in [4.78, 5) is 0.567. The van der Waals surface area contributed by atoms with Gasteiger partial charge < -0.3 is 0 Å². The fourth-order valence-electron chi connectivity index (χ4n) is 3.38. The van der Waals surface area contributed by atoms with Gasteiger partial charge in [0.25, 0.3) is 0 Å². The van der Waals surface area contributed by atoms with Crippen molar-refractivity contribution < 1.29 is 16.8 Å². The van der Waals surface area contributed by atoms with Gasteiger partial charge in [-0.3, -0.25) is 0 Å². The first-order valence-corrected chi connectivity index (χ1v) is 12.7. The van der Waals surface area contributed by atoms with E-state index in [9.17, 15) is 16.8 Å². The van der Waals surface area contributed by atoms with E-state index in [0.717, 1.165) is 30.4 Å². The number of nitrogens with zero attached hydrogens (tertiary/aromatic N) is 2. The molecule has 0 aromatic heterocycles. The van der Waals surface area contributed by atoms with Gasteiger partial charge in [-0.15, -0.1) is 0 Å². The van der Waals surface area contributed by atoms with Gasteiger partial charge in [-0.1, -0.05) is 36.2 Å². The second-order valence-corrected chi connectivity index (χ2v) is 11.5. The summed E-state index contributed by atoms with van der Waals surface area (Å²) in [7, 11) is -5.43. The van der Waals surface area contributed by atoms with Crippen molar-refractivity contribution in [2.75, 3.05) is 26.7 Å². The highest BCUT2D eigenvalue weighted by Gasteiger charge is 2.26. The highest BCUT2D eigenvalue weighted by Crippen LogP contribution is 2.21. The molecule has 0 amide bonds. The van der Waals surface area contributed by atoms with Gasteiger partial charge in [0.15, 0.2) is 0 Å². The van der Waals surface area contributed by atoms with Crippen molar-refractivity contribution >= 4 is 20.0 Å². The van der Waals surface area contributed by atoms with Crippen molar-refractivity contribution in [3.63, 3.8) is 0 Å². The van der Waals surface area contributed by atoms with E-state index in [1.54, 1.807) is 59.9 Å². The molecular weight excluding hydrogens is 408 g/mol. The fraction of sp³-hybridized carbons (Fsp3) is 0.429. The second kappa shape index (κ2) is 8.95. The summed E-state index contributed by atoms with van der Waals surface area (Å²) >= 11 is 0. The monoisotopic (exact) mass is 436 g/mol. The molecule has 0 atom stereocenters. The van der Waals surface area contributed by atoms with Gasteiger partial charge in [-0.25, -0.2) is 21.1 Å². The Balaban J connectivity index is 1.64. The first-order valence-electron chi connectivity index (χ1n) is 9.83. The molecule has 0 unspecified atom stereocenters. The van der Waals surface area contributed by atoms with Crippen molar-refractivity contribution in [3.8, 4) is 0 Å². The molecule has 158 valence electrons.